The van der Waals surface area contributed by atoms with Gasteiger partial charge >= 0.3 is 0 Å². The Balaban J connectivity index is 1.69. The molecule has 1 N–H and O–H groups in total. The molecule has 4 rings (SSSR count). The van der Waals surface area contributed by atoms with E-state index in [2.05, 4.69) is 15.4 Å². The van der Waals surface area contributed by atoms with Gasteiger partial charge in [0.25, 0.3) is 5.91 Å². The predicted octanol–water partition coefficient (Wildman–Crippen LogP) is 3.31. The van der Waals surface area contributed by atoms with Crippen molar-refractivity contribution in [3.63, 3.8) is 0 Å². The molecule has 3 aromatic rings. The summed E-state index contributed by atoms with van der Waals surface area (Å²) in [4.78, 5) is 16.8. The van der Waals surface area contributed by atoms with Crippen LogP contribution >= 0.6 is 0 Å². The SMILES string of the molecule is Cc1ccc(NC(=O)c2cc(C3CC3)n3nccc3n2)c(F)c1. The molecule has 23 heavy (non-hydrogen) atoms. The van der Waals surface area contributed by atoms with Gasteiger partial charge in [0.2, 0.25) is 0 Å². The number of aryl methyl sites for hydroxylation is 1. The zero-order valence-corrected chi connectivity index (χ0v) is 12.6. The Kier molecular flexibility index (Phi) is 3.11. The molecular formula is C17H15FN4O. The van der Waals surface area contributed by atoms with Crippen LogP contribution in [0.5, 0.6) is 0 Å². The minimum atomic E-state index is -0.453. The highest BCUT2D eigenvalue weighted by molar-refractivity contribution is 6.03. The summed E-state index contributed by atoms with van der Waals surface area (Å²) >= 11 is 0. The third kappa shape index (κ3) is 2.56. The van der Waals surface area contributed by atoms with Gasteiger partial charge in [0.05, 0.1) is 11.9 Å². The summed E-state index contributed by atoms with van der Waals surface area (Å²) in [5, 5.41) is 6.84. The van der Waals surface area contributed by atoms with Crippen LogP contribution in [0.15, 0.2) is 36.5 Å². The average Bonchev–Trinajstić information content (AvgIpc) is 3.26. The van der Waals surface area contributed by atoms with Crippen LogP contribution in [-0.4, -0.2) is 20.5 Å². The van der Waals surface area contributed by atoms with E-state index in [1.807, 2.05) is 0 Å². The molecule has 1 amide bonds. The van der Waals surface area contributed by atoms with Crippen molar-refractivity contribution >= 4 is 17.2 Å². The number of rotatable bonds is 3. The summed E-state index contributed by atoms with van der Waals surface area (Å²) in [5.74, 6) is -0.451. The van der Waals surface area contributed by atoms with E-state index < -0.39 is 11.7 Å². The number of carbonyl (C=O) groups is 1. The molecule has 1 aromatic carbocycles. The van der Waals surface area contributed by atoms with Crippen LogP contribution < -0.4 is 5.32 Å². The number of carbonyl (C=O) groups excluding carboxylic acids is 1. The summed E-state index contributed by atoms with van der Waals surface area (Å²) in [6.45, 7) is 1.80. The molecule has 5 nitrogen and oxygen atoms in total. The molecule has 0 radical (unpaired) electrons. The van der Waals surface area contributed by atoms with Crippen LogP contribution in [0.25, 0.3) is 5.65 Å². The van der Waals surface area contributed by atoms with Crippen LogP contribution in [0.1, 0.15) is 40.5 Å². The van der Waals surface area contributed by atoms with Crippen LogP contribution in [0.3, 0.4) is 0 Å². The van der Waals surface area contributed by atoms with E-state index in [0.717, 1.165) is 24.1 Å². The summed E-state index contributed by atoms with van der Waals surface area (Å²) in [7, 11) is 0. The highest BCUT2D eigenvalue weighted by Crippen LogP contribution is 2.40. The molecule has 116 valence electrons. The first-order valence-corrected chi connectivity index (χ1v) is 7.54. The minimum absolute atomic E-state index is 0.156. The smallest absolute Gasteiger partial charge is 0.274 e. The first-order valence-electron chi connectivity index (χ1n) is 7.54. The molecule has 2 heterocycles. The molecule has 0 aliphatic heterocycles. The Labute approximate surface area is 132 Å². The topological polar surface area (TPSA) is 59.3 Å². The van der Waals surface area contributed by atoms with Gasteiger partial charge in [-0.25, -0.2) is 13.9 Å². The normalized spacial score (nSPS) is 14.2. The highest BCUT2D eigenvalue weighted by atomic mass is 19.1. The lowest BCUT2D eigenvalue weighted by molar-refractivity contribution is 0.102. The van der Waals surface area contributed by atoms with Gasteiger partial charge in [0, 0.05) is 17.7 Å². The number of hydrogen-bond acceptors (Lipinski definition) is 3. The molecular weight excluding hydrogens is 295 g/mol. The fraction of sp³-hybridized carbons (Fsp3) is 0.235. The van der Waals surface area contributed by atoms with Crippen LogP contribution in [0.4, 0.5) is 10.1 Å². The molecule has 0 saturated heterocycles. The van der Waals surface area contributed by atoms with Crippen molar-refractivity contribution in [2.45, 2.75) is 25.7 Å². The van der Waals surface area contributed by atoms with E-state index in [1.54, 1.807) is 41.9 Å². The van der Waals surface area contributed by atoms with Gasteiger partial charge in [-0.2, -0.15) is 5.10 Å². The lowest BCUT2D eigenvalue weighted by Gasteiger charge is -2.09. The average molecular weight is 310 g/mol. The Morgan fingerprint density at radius 3 is 2.87 bits per heavy atom. The standard InChI is InChI=1S/C17H15FN4O/c1-10-2-5-13(12(18)8-10)21-17(23)14-9-15(11-3-4-11)22-16(20-14)6-7-19-22/h2,5-9,11H,3-4H2,1H3,(H,21,23). The Bertz CT molecular complexity index is 914. The first-order chi connectivity index (χ1) is 11.1. The zero-order valence-electron chi connectivity index (χ0n) is 12.6. The lowest BCUT2D eigenvalue weighted by atomic mass is 10.2. The van der Waals surface area contributed by atoms with Gasteiger partial charge in [-0.05, 0) is 43.5 Å². The fourth-order valence-electron chi connectivity index (χ4n) is 2.63. The number of nitrogens with zero attached hydrogens (tertiary/aromatic N) is 3. The van der Waals surface area contributed by atoms with Crippen molar-refractivity contribution in [2.24, 2.45) is 0 Å². The van der Waals surface area contributed by atoms with Crippen LogP contribution in [0, 0.1) is 12.7 Å². The number of fused-ring (bicyclic) bond motifs is 1. The van der Waals surface area contributed by atoms with E-state index in [-0.39, 0.29) is 11.4 Å². The maximum atomic E-state index is 13.9. The molecule has 1 saturated carbocycles. The van der Waals surface area contributed by atoms with Crippen molar-refractivity contribution in [3.8, 4) is 0 Å². The quantitative estimate of drug-likeness (QED) is 0.807. The summed E-state index contributed by atoms with van der Waals surface area (Å²) in [5.41, 5.74) is 2.84. The van der Waals surface area contributed by atoms with Gasteiger partial charge in [-0.15, -0.1) is 0 Å². The Morgan fingerprint density at radius 2 is 2.13 bits per heavy atom. The third-order valence-corrected chi connectivity index (χ3v) is 3.99. The minimum Gasteiger partial charge on any atom is -0.318 e. The Hall–Kier alpha value is -2.76. The molecule has 0 bridgehead atoms. The van der Waals surface area contributed by atoms with Gasteiger partial charge in [0.1, 0.15) is 11.5 Å². The largest absolute Gasteiger partial charge is 0.318 e. The van der Waals surface area contributed by atoms with Crippen LogP contribution in [-0.2, 0) is 0 Å². The number of hydrogen-bond donors (Lipinski definition) is 1. The zero-order chi connectivity index (χ0) is 16.0. The van der Waals surface area contributed by atoms with Crippen molar-refractivity contribution in [2.75, 3.05) is 5.32 Å². The Morgan fingerprint density at radius 1 is 1.30 bits per heavy atom. The highest BCUT2D eigenvalue weighted by Gasteiger charge is 2.28. The van der Waals surface area contributed by atoms with Crippen LogP contribution in [0.2, 0.25) is 0 Å². The maximum Gasteiger partial charge on any atom is 0.274 e. The monoisotopic (exact) mass is 310 g/mol. The second-order valence-corrected chi connectivity index (χ2v) is 5.88. The van der Waals surface area contributed by atoms with Gasteiger partial charge in [-0.1, -0.05) is 6.07 Å². The van der Waals surface area contributed by atoms with Crippen molar-refractivity contribution in [1.82, 2.24) is 14.6 Å². The summed E-state index contributed by atoms with van der Waals surface area (Å²) in [6, 6.07) is 8.21. The van der Waals surface area contributed by atoms with Gasteiger partial charge in [0.15, 0.2) is 5.65 Å². The second kappa shape index (κ2) is 5.15. The molecule has 0 atom stereocenters. The first kappa shape index (κ1) is 13.9. The molecule has 1 aliphatic rings. The molecule has 1 aliphatic carbocycles. The second-order valence-electron chi connectivity index (χ2n) is 5.88. The number of halogens is 1. The van der Waals surface area contributed by atoms with Crippen molar-refractivity contribution < 1.29 is 9.18 Å². The molecule has 2 aromatic heterocycles. The lowest BCUT2D eigenvalue weighted by Crippen LogP contribution is -2.16. The number of nitrogens with one attached hydrogen (secondary N) is 1. The molecule has 1 fully saturated rings. The number of anilines is 1. The molecule has 0 unspecified atom stereocenters. The van der Waals surface area contributed by atoms with E-state index in [1.165, 1.54) is 6.07 Å². The number of amides is 1. The molecule has 6 heteroatoms. The predicted molar refractivity (Wildman–Crippen MR) is 84.1 cm³/mol. The van der Waals surface area contributed by atoms with E-state index in [9.17, 15) is 9.18 Å². The number of benzene rings is 1. The fourth-order valence-corrected chi connectivity index (χ4v) is 2.63. The summed E-state index contributed by atoms with van der Waals surface area (Å²) in [6.07, 6.45) is 3.84. The van der Waals surface area contributed by atoms with Crippen molar-refractivity contribution in [3.05, 3.63) is 59.3 Å². The van der Waals surface area contributed by atoms with Gasteiger partial charge in [-0.3, -0.25) is 4.79 Å². The number of aromatic nitrogens is 3. The van der Waals surface area contributed by atoms with E-state index in [4.69, 9.17) is 0 Å². The maximum absolute atomic E-state index is 13.9. The summed E-state index contributed by atoms with van der Waals surface area (Å²) < 4.78 is 15.7. The third-order valence-electron chi connectivity index (χ3n) is 3.99. The van der Waals surface area contributed by atoms with Crippen molar-refractivity contribution in [1.29, 1.82) is 0 Å². The van der Waals surface area contributed by atoms with Gasteiger partial charge < -0.3 is 5.32 Å². The van der Waals surface area contributed by atoms with E-state index in [0.29, 0.717) is 11.6 Å². The molecule has 0 spiro atoms. The van der Waals surface area contributed by atoms with E-state index >= 15 is 0 Å².